The van der Waals surface area contributed by atoms with Crippen molar-refractivity contribution < 1.29 is 24.2 Å². The molecule has 3 N–H and O–H groups in total. The molecule has 0 heterocycles. The largest absolute Gasteiger partial charge is 0.444 e. The molecule has 1 aromatic rings. The molecule has 1 unspecified atom stereocenters. The molecule has 2 atom stereocenters. The summed E-state index contributed by atoms with van der Waals surface area (Å²) in [5.74, 6) is -0.436. The number of imide groups is 1. The molecule has 2 rings (SSSR count). The van der Waals surface area contributed by atoms with Gasteiger partial charge in [-0.1, -0.05) is 55.7 Å². The van der Waals surface area contributed by atoms with Gasteiger partial charge in [-0.3, -0.25) is 9.69 Å². The van der Waals surface area contributed by atoms with Crippen molar-refractivity contribution in [1.29, 1.82) is 0 Å². The van der Waals surface area contributed by atoms with Crippen molar-refractivity contribution in [2.75, 3.05) is 13.1 Å². The molecule has 1 aliphatic rings. The molecular weight excluding hydrogens is 434 g/mol. The van der Waals surface area contributed by atoms with E-state index in [1.54, 1.807) is 26.8 Å². The summed E-state index contributed by atoms with van der Waals surface area (Å²) in [7, 11) is 0. The highest BCUT2D eigenvalue weighted by molar-refractivity contribution is 5.97. The Morgan fingerprint density at radius 2 is 1.91 bits per heavy atom. The third-order valence-electron chi connectivity index (χ3n) is 5.75. The van der Waals surface area contributed by atoms with Crippen molar-refractivity contribution in [2.24, 2.45) is 5.92 Å². The average Bonchev–Trinajstić information content (AvgIpc) is 2.74. The Morgan fingerprint density at radius 1 is 1.24 bits per heavy atom. The first kappa shape index (κ1) is 27.4. The van der Waals surface area contributed by atoms with Crippen LogP contribution in [0, 0.1) is 5.92 Å². The highest BCUT2D eigenvalue weighted by Crippen LogP contribution is 2.31. The molecule has 188 valence electrons. The molecule has 8 heteroatoms. The number of urea groups is 1. The van der Waals surface area contributed by atoms with Crippen LogP contribution in [-0.2, 0) is 16.0 Å². The maximum atomic E-state index is 13.3. The second-order valence-electron chi connectivity index (χ2n) is 9.76. The van der Waals surface area contributed by atoms with Crippen molar-refractivity contribution in [2.45, 2.75) is 77.0 Å². The summed E-state index contributed by atoms with van der Waals surface area (Å²) in [4.78, 5) is 39.6. The van der Waals surface area contributed by atoms with Crippen molar-refractivity contribution in [3.63, 3.8) is 0 Å². The molecule has 34 heavy (non-hydrogen) atoms. The van der Waals surface area contributed by atoms with Crippen LogP contribution in [0.1, 0.15) is 58.4 Å². The summed E-state index contributed by atoms with van der Waals surface area (Å²) in [5.41, 5.74) is 0.249. The van der Waals surface area contributed by atoms with Gasteiger partial charge in [0.05, 0.1) is 6.04 Å². The Bertz CT molecular complexity index is 817. The molecule has 4 amide bonds. The summed E-state index contributed by atoms with van der Waals surface area (Å²) in [6.07, 6.45) is 3.88. The molecule has 0 saturated heterocycles. The molecule has 0 aliphatic heterocycles. The first-order chi connectivity index (χ1) is 16.1. The molecule has 1 saturated carbocycles. The lowest BCUT2D eigenvalue weighted by Gasteiger charge is -2.34. The number of hydrogen-bond donors (Lipinski definition) is 3. The molecule has 1 aliphatic carbocycles. The topological polar surface area (TPSA) is 108 Å². The van der Waals surface area contributed by atoms with Gasteiger partial charge in [-0.05, 0) is 51.5 Å². The predicted octanol–water partition coefficient (Wildman–Crippen LogP) is 3.79. The highest BCUT2D eigenvalue weighted by Gasteiger charge is 2.37. The normalized spacial score (nSPS) is 15.4. The van der Waals surface area contributed by atoms with Crippen LogP contribution in [0.4, 0.5) is 9.59 Å². The lowest BCUT2D eigenvalue weighted by Crippen LogP contribution is -2.56. The first-order valence-corrected chi connectivity index (χ1v) is 12.0. The second kappa shape index (κ2) is 13.1. The molecule has 0 radical (unpaired) electrons. The summed E-state index contributed by atoms with van der Waals surface area (Å²) < 4.78 is 5.34. The molecule has 0 bridgehead atoms. The van der Waals surface area contributed by atoms with E-state index in [-0.39, 0.29) is 6.54 Å². The third-order valence-corrected chi connectivity index (χ3v) is 5.75. The zero-order valence-corrected chi connectivity index (χ0v) is 20.6. The van der Waals surface area contributed by atoms with Crippen LogP contribution in [0.5, 0.6) is 0 Å². The van der Waals surface area contributed by atoms with Crippen molar-refractivity contribution in [3.05, 3.63) is 48.6 Å². The summed E-state index contributed by atoms with van der Waals surface area (Å²) in [5, 5.41) is 16.4. The van der Waals surface area contributed by atoms with Gasteiger partial charge < -0.3 is 20.5 Å². The molecular formula is C26H39N3O5. The van der Waals surface area contributed by atoms with Gasteiger partial charge in [0, 0.05) is 13.1 Å². The smallest absolute Gasteiger partial charge is 0.407 e. The van der Waals surface area contributed by atoms with E-state index >= 15 is 0 Å². The fourth-order valence-corrected chi connectivity index (χ4v) is 3.72. The van der Waals surface area contributed by atoms with Crippen molar-refractivity contribution in [1.82, 2.24) is 15.5 Å². The number of hydrogen-bond acceptors (Lipinski definition) is 5. The first-order valence-electron chi connectivity index (χ1n) is 12.0. The number of ether oxygens (including phenoxy) is 1. The van der Waals surface area contributed by atoms with Gasteiger partial charge in [-0.15, -0.1) is 6.58 Å². The van der Waals surface area contributed by atoms with E-state index in [2.05, 4.69) is 17.2 Å². The Morgan fingerprint density at radius 3 is 2.47 bits per heavy atom. The Hall–Kier alpha value is -2.87. The number of aliphatic hydroxyl groups excluding tert-OH is 1. The summed E-state index contributed by atoms with van der Waals surface area (Å²) >= 11 is 0. The number of aliphatic hydroxyl groups is 1. The molecule has 1 fully saturated rings. The zero-order valence-electron chi connectivity index (χ0n) is 20.6. The minimum atomic E-state index is -1.57. The fraction of sp³-hybridized carbons (Fsp3) is 0.577. The van der Waals surface area contributed by atoms with E-state index in [4.69, 9.17) is 4.74 Å². The van der Waals surface area contributed by atoms with Gasteiger partial charge in [0.2, 0.25) is 0 Å². The quantitative estimate of drug-likeness (QED) is 0.335. The number of benzene rings is 1. The van der Waals surface area contributed by atoms with Crippen molar-refractivity contribution >= 4 is 18.0 Å². The number of alkyl carbamates (subject to hydrolysis) is 1. The standard InChI is InChI=1S/C26H39N3O5/c1-5-6-16-27-24(32)29(17-15-19-11-8-7-9-12-19)23(31)22(30)21(18-20-13-10-14-20)28-25(33)34-26(2,3)4/h5,7-9,11-12,20-22,30H,1,6,10,13-18H2,2-4H3,(H,27,32)(H,28,33)/t21?,22-/m0/s1. The van der Waals surface area contributed by atoms with Gasteiger partial charge in [0.1, 0.15) is 5.60 Å². The second-order valence-corrected chi connectivity index (χ2v) is 9.76. The number of rotatable bonds is 11. The van der Waals surface area contributed by atoms with Gasteiger partial charge in [0.15, 0.2) is 6.10 Å². The van der Waals surface area contributed by atoms with Crippen LogP contribution in [0.2, 0.25) is 0 Å². The third kappa shape index (κ3) is 9.17. The van der Waals surface area contributed by atoms with Gasteiger partial charge in [-0.25, -0.2) is 9.59 Å². The van der Waals surface area contributed by atoms with Crippen LogP contribution in [0.25, 0.3) is 0 Å². The van der Waals surface area contributed by atoms with E-state index in [9.17, 15) is 19.5 Å². The molecule has 0 aromatic heterocycles. The zero-order chi connectivity index (χ0) is 25.1. The number of carbonyl (C=O) groups excluding carboxylic acids is 3. The van der Waals surface area contributed by atoms with Crippen LogP contribution in [0.15, 0.2) is 43.0 Å². The highest BCUT2D eigenvalue weighted by atomic mass is 16.6. The van der Waals surface area contributed by atoms with Crippen LogP contribution in [0.3, 0.4) is 0 Å². The Labute approximate surface area is 202 Å². The maximum absolute atomic E-state index is 13.3. The minimum Gasteiger partial charge on any atom is -0.444 e. The van der Waals surface area contributed by atoms with Crippen LogP contribution < -0.4 is 10.6 Å². The molecule has 1 aromatic carbocycles. The lowest BCUT2D eigenvalue weighted by molar-refractivity contribution is -0.138. The number of nitrogens with zero attached hydrogens (tertiary/aromatic N) is 1. The fourth-order valence-electron chi connectivity index (χ4n) is 3.72. The van der Waals surface area contributed by atoms with E-state index < -0.39 is 35.8 Å². The van der Waals surface area contributed by atoms with Crippen LogP contribution in [-0.4, -0.2) is 58.9 Å². The maximum Gasteiger partial charge on any atom is 0.407 e. The lowest BCUT2D eigenvalue weighted by atomic mass is 9.80. The van der Waals surface area contributed by atoms with Crippen molar-refractivity contribution in [3.8, 4) is 0 Å². The van der Waals surface area contributed by atoms with E-state index in [0.29, 0.717) is 31.7 Å². The monoisotopic (exact) mass is 473 g/mol. The minimum absolute atomic E-state index is 0.0996. The molecule has 8 nitrogen and oxygen atoms in total. The average molecular weight is 474 g/mol. The van der Waals surface area contributed by atoms with E-state index in [0.717, 1.165) is 29.7 Å². The van der Waals surface area contributed by atoms with E-state index in [1.807, 2.05) is 30.3 Å². The Balaban J connectivity index is 2.15. The van der Waals surface area contributed by atoms with Gasteiger partial charge in [-0.2, -0.15) is 0 Å². The summed E-state index contributed by atoms with van der Waals surface area (Å²) in [6.45, 7) is 9.30. The summed E-state index contributed by atoms with van der Waals surface area (Å²) in [6, 6.07) is 8.07. The molecule has 0 spiro atoms. The Kier molecular flexibility index (Phi) is 10.6. The predicted molar refractivity (Wildman–Crippen MR) is 131 cm³/mol. The van der Waals surface area contributed by atoms with Gasteiger partial charge in [0.25, 0.3) is 5.91 Å². The SMILES string of the molecule is C=CCCNC(=O)N(CCc1ccccc1)C(=O)[C@@H](O)C(CC1CCC1)NC(=O)OC(C)(C)C. The van der Waals surface area contributed by atoms with E-state index in [1.165, 1.54) is 0 Å². The number of carbonyl (C=O) groups is 3. The van der Waals surface area contributed by atoms with Crippen LogP contribution >= 0.6 is 0 Å². The number of nitrogens with one attached hydrogen (secondary N) is 2. The van der Waals surface area contributed by atoms with Gasteiger partial charge >= 0.3 is 12.1 Å². The number of amides is 4.